The number of anilines is 1. The van der Waals surface area contributed by atoms with E-state index in [9.17, 15) is 4.79 Å². The molecule has 1 aromatic carbocycles. The third-order valence-electron chi connectivity index (χ3n) is 3.52. The van der Waals surface area contributed by atoms with Crippen molar-refractivity contribution in [2.75, 3.05) is 32.1 Å². The number of methoxy groups -OCH3 is 1. The highest BCUT2D eigenvalue weighted by Gasteiger charge is 2.19. The summed E-state index contributed by atoms with van der Waals surface area (Å²) in [7, 11) is 1.66. The maximum atomic E-state index is 12.4. The lowest BCUT2D eigenvalue weighted by Gasteiger charge is -2.16. The van der Waals surface area contributed by atoms with Crippen LogP contribution in [-0.2, 0) is 11.2 Å². The highest BCUT2D eigenvalue weighted by Crippen LogP contribution is 2.23. The number of rotatable bonds is 7. The summed E-state index contributed by atoms with van der Waals surface area (Å²) in [6.07, 6.45) is 1.79. The van der Waals surface area contributed by atoms with Gasteiger partial charge in [0, 0.05) is 31.5 Å². The maximum Gasteiger partial charge on any atom is 0.179 e. The molecule has 0 bridgehead atoms. The molecule has 4 heteroatoms. The number of hydrogen-bond acceptors (Lipinski definition) is 4. The third kappa shape index (κ3) is 3.33. The summed E-state index contributed by atoms with van der Waals surface area (Å²) in [5, 5.41) is 6.55. The van der Waals surface area contributed by atoms with E-state index in [2.05, 4.69) is 10.6 Å². The van der Waals surface area contributed by atoms with Gasteiger partial charge in [0.2, 0.25) is 0 Å². The van der Waals surface area contributed by atoms with Gasteiger partial charge in [-0.1, -0.05) is 6.92 Å². The summed E-state index contributed by atoms with van der Waals surface area (Å²) >= 11 is 0. The van der Waals surface area contributed by atoms with Crippen LogP contribution in [-0.4, -0.2) is 38.6 Å². The van der Waals surface area contributed by atoms with Gasteiger partial charge >= 0.3 is 0 Å². The van der Waals surface area contributed by atoms with Crippen LogP contribution in [0.15, 0.2) is 18.2 Å². The molecule has 0 aliphatic carbocycles. The average Bonchev–Trinajstić information content (AvgIpc) is 2.90. The summed E-state index contributed by atoms with van der Waals surface area (Å²) in [6, 6.07) is 5.83. The van der Waals surface area contributed by atoms with Gasteiger partial charge < -0.3 is 15.4 Å². The molecule has 1 aliphatic rings. The van der Waals surface area contributed by atoms with E-state index in [-0.39, 0.29) is 11.8 Å². The summed E-state index contributed by atoms with van der Waals surface area (Å²) in [5.74, 6) is 0.174. The molecule has 0 amide bonds. The first kappa shape index (κ1) is 14.0. The molecule has 0 saturated carbocycles. The van der Waals surface area contributed by atoms with Crippen LogP contribution in [0.4, 0.5) is 5.69 Å². The number of carbonyl (C=O) groups excluding carboxylic acids is 1. The number of benzene rings is 1. The Hall–Kier alpha value is -1.39. The minimum Gasteiger partial charge on any atom is -0.384 e. The van der Waals surface area contributed by atoms with Crippen LogP contribution < -0.4 is 10.6 Å². The first-order valence-electron chi connectivity index (χ1n) is 6.89. The first-order valence-corrected chi connectivity index (χ1v) is 6.89. The van der Waals surface area contributed by atoms with Gasteiger partial charge in [0.05, 0.1) is 12.6 Å². The summed E-state index contributed by atoms with van der Waals surface area (Å²) in [5.41, 5.74) is 3.22. The number of ketones is 1. The Morgan fingerprint density at radius 2 is 2.37 bits per heavy atom. The molecule has 1 unspecified atom stereocenters. The molecular formula is C15H22N2O2. The molecule has 1 aliphatic heterocycles. The van der Waals surface area contributed by atoms with Crippen molar-refractivity contribution in [3.63, 3.8) is 0 Å². The van der Waals surface area contributed by atoms with Crippen LogP contribution in [0.25, 0.3) is 0 Å². The van der Waals surface area contributed by atoms with E-state index in [1.165, 1.54) is 5.56 Å². The van der Waals surface area contributed by atoms with Gasteiger partial charge in [0.1, 0.15) is 0 Å². The lowest BCUT2D eigenvalue weighted by Crippen LogP contribution is -2.38. The topological polar surface area (TPSA) is 50.4 Å². The van der Waals surface area contributed by atoms with Gasteiger partial charge in [-0.15, -0.1) is 0 Å². The van der Waals surface area contributed by atoms with Gasteiger partial charge in [-0.3, -0.25) is 4.79 Å². The Morgan fingerprint density at radius 3 is 3.11 bits per heavy atom. The largest absolute Gasteiger partial charge is 0.384 e. The second-order valence-electron chi connectivity index (χ2n) is 4.82. The standard InChI is InChI=1S/C15H22N2O2/c1-3-13(17-8-9-19-2)15(18)12-4-5-14-11(10-12)6-7-16-14/h4-5,10,13,16-17H,3,6-9H2,1-2H3. The van der Waals surface area contributed by atoms with Gasteiger partial charge in [0.25, 0.3) is 0 Å². The van der Waals surface area contributed by atoms with Crippen molar-refractivity contribution in [1.82, 2.24) is 5.32 Å². The Bertz CT molecular complexity index is 446. The monoisotopic (exact) mass is 262 g/mol. The highest BCUT2D eigenvalue weighted by molar-refractivity contribution is 6.00. The van der Waals surface area contributed by atoms with Crippen molar-refractivity contribution in [2.45, 2.75) is 25.8 Å². The van der Waals surface area contributed by atoms with Crippen molar-refractivity contribution in [3.8, 4) is 0 Å². The van der Waals surface area contributed by atoms with Crippen molar-refractivity contribution in [1.29, 1.82) is 0 Å². The Balaban J connectivity index is 2.04. The number of nitrogens with one attached hydrogen (secondary N) is 2. The number of Topliss-reactive ketones (excluding diaryl/α,β-unsaturated/α-hetero) is 1. The number of carbonyl (C=O) groups is 1. The van der Waals surface area contributed by atoms with Crippen molar-refractivity contribution in [2.24, 2.45) is 0 Å². The fourth-order valence-electron chi connectivity index (χ4n) is 2.42. The van der Waals surface area contributed by atoms with E-state index in [4.69, 9.17) is 4.74 Å². The molecule has 0 saturated heterocycles. The van der Waals surface area contributed by atoms with Crippen LogP contribution >= 0.6 is 0 Å². The number of hydrogen-bond donors (Lipinski definition) is 2. The molecule has 1 aromatic rings. The number of fused-ring (bicyclic) bond motifs is 1. The second-order valence-corrected chi connectivity index (χ2v) is 4.82. The maximum absolute atomic E-state index is 12.4. The molecule has 4 nitrogen and oxygen atoms in total. The van der Waals surface area contributed by atoms with Crippen LogP contribution in [0, 0.1) is 0 Å². The van der Waals surface area contributed by atoms with E-state index >= 15 is 0 Å². The average molecular weight is 262 g/mol. The lowest BCUT2D eigenvalue weighted by atomic mass is 9.99. The molecule has 0 spiro atoms. The van der Waals surface area contributed by atoms with Crippen LogP contribution in [0.2, 0.25) is 0 Å². The Labute approximate surface area is 114 Å². The van der Waals surface area contributed by atoms with Gasteiger partial charge in [-0.05, 0) is 36.6 Å². The zero-order chi connectivity index (χ0) is 13.7. The van der Waals surface area contributed by atoms with E-state index in [0.29, 0.717) is 13.2 Å². The Kier molecular flexibility index (Phi) is 4.93. The fraction of sp³-hybridized carbons (Fsp3) is 0.533. The minimum atomic E-state index is -0.123. The SMILES string of the molecule is CCC(NCCOC)C(=O)c1ccc2c(c1)CCN2. The molecule has 1 heterocycles. The molecule has 2 N–H and O–H groups in total. The molecule has 0 aromatic heterocycles. The van der Waals surface area contributed by atoms with Crippen molar-refractivity contribution < 1.29 is 9.53 Å². The van der Waals surface area contributed by atoms with Gasteiger partial charge in [-0.25, -0.2) is 0 Å². The van der Waals surface area contributed by atoms with Gasteiger partial charge in [0.15, 0.2) is 5.78 Å². The first-order chi connectivity index (χ1) is 9.26. The molecule has 19 heavy (non-hydrogen) atoms. The lowest BCUT2D eigenvalue weighted by molar-refractivity contribution is 0.0934. The van der Waals surface area contributed by atoms with E-state index < -0.39 is 0 Å². The van der Waals surface area contributed by atoms with E-state index in [1.807, 2.05) is 25.1 Å². The minimum absolute atomic E-state index is 0.123. The normalized spacial score (nSPS) is 14.8. The quantitative estimate of drug-likeness (QED) is 0.581. The van der Waals surface area contributed by atoms with Crippen LogP contribution in [0.5, 0.6) is 0 Å². The van der Waals surface area contributed by atoms with Crippen molar-refractivity contribution >= 4 is 11.5 Å². The Morgan fingerprint density at radius 1 is 1.53 bits per heavy atom. The van der Waals surface area contributed by atoms with E-state index in [0.717, 1.165) is 30.6 Å². The molecule has 0 fully saturated rings. The predicted molar refractivity (Wildman–Crippen MR) is 76.9 cm³/mol. The zero-order valence-corrected chi connectivity index (χ0v) is 11.7. The molecular weight excluding hydrogens is 240 g/mol. The van der Waals surface area contributed by atoms with Crippen LogP contribution in [0.1, 0.15) is 29.3 Å². The second kappa shape index (κ2) is 6.68. The summed E-state index contributed by atoms with van der Waals surface area (Å²) < 4.78 is 5.00. The van der Waals surface area contributed by atoms with Gasteiger partial charge in [-0.2, -0.15) is 0 Å². The van der Waals surface area contributed by atoms with E-state index in [1.54, 1.807) is 7.11 Å². The van der Waals surface area contributed by atoms with Crippen LogP contribution in [0.3, 0.4) is 0 Å². The number of ether oxygens (including phenoxy) is 1. The summed E-state index contributed by atoms with van der Waals surface area (Å²) in [4.78, 5) is 12.4. The molecule has 1 atom stereocenters. The molecule has 2 rings (SSSR count). The third-order valence-corrected chi connectivity index (χ3v) is 3.52. The predicted octanol–water partition coefficient (Wildman–Crippen LogP) is 1.85. The smallest absolute Gasteiger partial charge is 0.179 e. The highest BCUT2D eigenvalue weighted by atomic mass is 16.5. The molecule has 0 radical (unpaired) electrons. The zero-order valence-electron chi connectivity index (χ0n) is 11.7. The summed E-state index contributed by atoms with van der Waals surface area (Å²) in [6.45, 7) is 4.32. The fourth-order valence-corrected chi connectivity index (χ4v) is 2.42. The molecule has 104 valence electrons. The van der Waals surface area contributed by atoms with Crippen molar-refractivity contribution in [3.05, 3.63) is 29.3 Å².